The average molecular weight is 250 g/mol. The molecule has 1 atom stereocenters. The van der Waals surface area contributed by atoms with E-state index in [1.54, 1.807) is 0 Å². The molecule has 1 saturated heterocycles. The highest BCUT2D eigenvalue weighted by molar-refractivity contribution is 5.68. The summed E-state index contributed by atoms with van der Waals surface area (Å²) < 4.78 is 5.25. The van der Waals surface area contributed by atoms with Gasteiger partial charge in [-0.05, 0) is 29.2 Å². The number of rotatable bonds is 4. The highest BCUT2D eigenvalue weighted by Crippen LogP contribution is 2.23. The Bertz CT molecular complexity index is 574. The van der Waals surface area contributed by atoms with E-state index in [4.69, 9.17) is 4.74 Å². The maximum atomic E-state index is 5.25. The Hall–Kier alpha value is -1.86. The van der Waals surface area contributed by atoms with Crippen LogP contribution in [0.3, 0.4) is 0 Å². The molecular weight excluding hydrogens is 232 g/mol. The van der Waals surface area contributed by atoms with Gasteiger partial charge in [-0.1, -0.05) is 60.7 Å². The first kappa shape index (κ1) is 12.2. The van der Waals surface area contributed by atoms with Gasteiger partial charge in [-0.25, -0.2) is 0 Å². The maximum Gasteiger partial charge on any atom is 0.0850 e. The van der Waals surface area contributed by atoms with Crippen LogP contribution in [0.25, 0.3) is 16.7 Å². The van der Waals surface area contributed by atoms with Crippen LogP contribution in [0.1, 0.15) is 18.1 Å². The molecule has 0 aliphatic carbocycles. The Kier molecular flexibility index (Phi) is 3.22. The standard InChI is InChI=1S/C18H18O/c1-13(2)15-7-9-17(10-8-15)16-5-3-14(4-6-16)11-18-12-19-18/h3-10,18H,1,11-12H2,2H3. The lowest BCUT2D eigenvalue weighted by molar-refractivity contribution is 0.407. The number of hydrogen-bond acceptors (Lipinski definition) is 1. The Morgan fingerprint density at radius 3 is 2.05 bits per heavy atom. The average Bonchev–Trinajstić information content (AvgIpc) is 3.24. The molecule has 0 radical (unpaired) electrons. The lowest BCUT2D eigenvalue weighted by Gasteiger charge is -2.05. The molecule has 0 saturated carbocycles. The summed E-state index contributed by atoms with van der Waals surface area (Å²) in [5, 5.41) is 0. The fourth-order valence-corrected chi connectivity index (χ4v) is 2.23. The largest absolute Gasteiger partial charge is 0.373 e. The summed E-state index contributed by atoms with van der Waals surface area (Å²) in [5.41, 5.74) is 6.16. The summed E-state index contributed by atoms with van der Waals surface area (Å²) in [6, 6.07) is 17.3. The molecule has 0 bridgehead atoms. The zero-order chi connectivity index (χ0) is 13.2. The number of ether oxygens (including phenoxy) is 1. The second-order valence-electron chi connectivity index (χ2n) is 5.21. The van der Waals surface area contributed by atoms with Crippen molar-refractivity contribution in [2.45, 2.75) is 19.4 Å². The lowest BCUT2D eigenvalue weighted by atomic mass is 10.00. The summed E-state index contributed by atoms with van der Waals surface area (Å²) >= 11 is 0. The van der Waals surface area contributed by atoms with Crippen LogP contribution < -0.4 is 0 Å². The SMILES string of the molecule is C=C(C)c1ccc(-c2ccc(CC3CO3)cc2)cc1. The molecule has 96 valence electrons. The van der Waals surface area contributed by atoms with Gasteiger partial charge in [0.25, 0.3) is 0 Å². The van der Waals surface area contributed by atoms with Crippen molar-refractivity contribution in [1.82, 2.24) is 0 Å². The minimum absolute atomic E-state index is 0.459. The van der Waals surface area contributed by atoms with E-state index in [9.17, 15) is 0 Å². The second kappa shape index (κ2) is 5.02. The van der Waals surface area contributed by atoms with Crippen LogP contribution in [0.15, 0.2) is 55.1 Å². The summed E-state index contributed by atoms with van der Waals surface area (Å²) in [6.45, 7) is 6.91. The van der Waals surface area contributed by atoms with Gasteiger partial charge in [-0.15, -0.1) is 0 Å². The van der Waals surface area contributed by atoms with Crippen LogP contribution in [-0.4, -0.2) is 12.7 Å². The van der Waals surface area contributed by atoms with Crippen molar-refractivity contribution < 1.29 is 4.74 Å². The molecule has 1 heteroatoms. The van der Waals surface area contributed by atoms with E-state index in [2.05, 4.69) is 55.1 Å². The van der Waals surface area contributed by atoms with Gasteiger partial charge < -0.3 is 4.74 Å². The zero-order valence-corrected chi connectivity index (χ0v) is 11.2. The molecule has 3 rings (SSSR count). The van der Waals surface area contributed by atoms with Crippen LogP contribution in [0.5, 0.6) is 0 Å². The van der Waals surface area contributed by atoms with Gasteiger partial charge in [0.15, 0.2) is 0 Å². The molecule has 2 aromatic carbocycles. The third kappa shape index (κ3) is 2.94. The predicted molar refractivity (Wildman–Crippen MR) is 80.0 cm³/mol. The van der Waals surface area contributed by atoms with Gasteiger partial charge in [0.2, 0.25) is 0 Å². The van der Waals surface area contributed by atoms with Crippen molar-refractivity contribution in [2.24, 2.45) is 0 Å². The summed E-state index contributed by atoms with van der Waals surface area (Å²) in [7, 11) is 0. The Morgan fingerprint density at radius 2 is 1.58 bits per heavy atom. The number of benzene rings is 2. The van der Waals surface area contributed by atoms with E-state index in [-0.39, 0.29) is 0 Å². The first-order valence-electron chi connectivity index (χ1n) is 6.69. The number of epoxide rings is 1. The summed E-state index contributed by atoms with van der Waals surface area (Å²) in [4.78, 5) is 0. The van der Waals surface area contributed by atoms with E-state index >= 15 is 0 Å². The molecule has 0 aromatic heterocycles. The minimum atomic E-state index is 0.459. The van der Waals surface area contributed by atoms with Gasteiger partial charge in [-0.2, -0.15) is 0 Å². The molecule has 1 heterocycles. The molecule has 1 nitrogen and oxygen atoms in total. The minimum Gasteiger partial charge on any atom is -0.373 e. The van der Waals surface area contributed by atoms with Crippen molar-refractivity contribution in [3.8, 4) is 11.1 Å². The van der Waals surface area contributed by atoms with E-state index < -0.39 is 0 Å². The smallest absolute Gasteiger partial charge is 0.0850 e. The topological polar surface area (TPSA) is 12.5 Å². The third-order valence-electron chi connectivity index (χ3n) is 3.53. The Labute approximate surface area is 114 Å². The molecule has 1 aliphatic rings. The monoisotopic (exact) mass is 250 g/mol. The molecule has 19 heavy (non-hydrogen) atoms. The van der Waals surface area contributed by atoms with Crippen molar-refractivity contribution in [3.63, 3.8) is 0 Å². The van der Waals surface area contributed by atoms with Crippen LogP contribution in [0, 0.1) is 0 Å². The van der Waals surface area contributed by atoms with Crippen LogP contribution in [-0.2, 0) is 11.2 Å². The Morgan fingerprint density at radius 1 is 1.05 bits per heavy atom. The van der Waals surface area contributed by atoms with E-state index in [1.165, 1.54) is 22.3 Å². The van der Waals surface area contributed by atoms with E-state index in [0.717, 1.165) is 18.6 Å². The second-order valence-corrected chi connectivity index (χ2v) is 5.21. The summed E-state index contributed by atoms with van der Waals surface area (Å²) in [5.74, 6) is 0. The molecule has 2 aromatic rings. The van der Waals surface area contributed by atoms with Crippen molar-refractivity contribution >= 4 is 5.57 Å². The van der Waals surface area contributed by atoms with Gasteiger partial charge >= 0.3 is 0 Å². The normalized spacial score (nSPS) is 17.2. The number of allylic oxidation sites excluding steroid dienone is 1. The molecule has 0 N–H and O–H groups in total. The van der Waals surface area contributed by atoms with Gasteiger partial charge in [-0.3, -0.25) is 0 Å². The van der Waals surface area contributed by atoms with Crippen LogP contribution in [0.2, 0.25) is 0 Å². The van der Waals surface area contributed by atoms with Crippen molar-refractivity contribution in [1.29, 1.82) is 0 Å². The van der Waals surface area contributed by atoms with E-state index in [0.29, 0.717) is 6.10 Å². The third-order valence-corrected chi connectivity index (χ3v) is 3.53. The molecule has 1 aliphatic heterocycles. The first-order chi connectivity index (χ1) is 9.22. The highest BCUT2D eigenvalue weighted by Gasteiger charge is 2.22. The Balaban J connectivity index is 1.78. The fourth-order valence-electron chi connectivity index (χ4n) is 2.23. The van der Waals surface area contributed by atoms with Gasteiger partial charge in [0.05, 0.1) is 12.7 Å². The first-order valence-corrected chi connectivity index (χ1v) is 6.69. The van der Waals surface area contributed by atoms with Crippen LogP contribution in [0.4, 0.5) is 0 Å². The molecular formula is C18H18O. The molecule has 1 fully saturated rings. The zero-order valence-electron chi connectivity index (χ0n) is 11.2. The van der Waals surface area contributed by atoms with E-state index in [1.807, 2.05) is 6.92 Å². The highest BCUT2D eigenvalue weighted by atomic mass is 16.6. The van der Waals surface area contributed by atoms with Crippen LogP contribution >= 0.6 is 0 Å². The quantitative estimate of drug-likeness (QED) is 0.736. The lowest BCUT2D eigenvalue weighted by Crippen LogP contribution is -1.92. The van der Waals surface area contributed by atoms with Crippen molar-refractivity contribution in [3.05, 3.63) is 66.2 Å². The summed E-state index contributed by atoms with van der Waals surface area (Å²) in [6.07, 6.45) is 1.50. The van der Waals surface area contributed by atoms with Gasteiger partial charge in [0, 0.05) is 6.42 Å². The maximum absolute atomic E-state index is 5.25. The molecule has 0 spiro atoms. The van der Waals surface area contributed by atoms with Gasteiger partial charge in [0.1, 0.15) is 0 Å². The van der Waals surface area contributed by atoms with Crippen molar-refractivity contribution in [2.75, 3.05) is 6.61 Å². The number of hydrogen-bond donors (Lipinski definition) is 0. The molecule has 1 unspecified atom stereocenters. The fraction of sp³-hybridized carbons (Fsp3) is 0.222. The predicted octanol–water partition coefficient (Wildman–Crippen LogP) is 4.33. The molecule has 0 amide bonds.